The number of hydrogen-bond donors (Lipinski definition) is 0. The van der Waals surface area contributed by atoms with E-state index < -0.39 is 5.92 Å². The summed E-state index contributed by atoms with van der Waals surface area (Å²) in [6, 6.07) is 21.4. The van der Waals surface area contributed by atoms with E-state index in [1.54, 1.807) is 6.07 Å². The molecule has 0 saturated carbocycles. The van der Waals surface area contributed by atoms with E-state index in [2.05, 4.69) is 26.0 Å². The van der Waals surface area contributed by atoms with Crippen LogP contribution in [0.15, 0.2) is 83.8 Å². The van der Waals surface area contributed by atoms with Gasteiger partial charge in [-0.2, -0.15) is 10.5 Å². The van der Waals surface area contributed by atoms with Gasteiger partial charge in [0.15, 0.2) is 17.3 Å². The van der Waals surface area contributed by atoms with Crippen molar-refractivity contribution in [3.8, 4) is 23.6 Å². The van der Waals surface area contributed by atoms with Gasteiger partial charge in [-0.25, -0.2) is 0 Å². The molecule has 0 saturated heterocycles. The van der Waals surface area contributed by atoms with Crippen molar-refractivity contribution >= 4 is 17.3 Å². The Morgan fingerprint density at radius 3 is 2.46 bits per heavy atom. The summed E-state index contributed by atoms with van der Waals surface area (Å²) in [7, 11) is 0. The molecule has 7 nitrogen and oxygen atoms in total. The highest BCUT2D eigenvalue weighted by atomic mass is 16.7. The summed E-state index contributed by atoms with van der Waals surface area (Å²) < 4.78 is 13.0. The number of carbonyl (C=O) groups is 1. The fourth-order valence-electron chi connectivity index (χ4n) is 5.64. The lowest BCUT2D eigenvalue weighted by molar-refractivity contribution is -0.118. The molecule has 6 rings (SSSR count). The predicted octanol–water partition coefficient (Wildman–Crippen LogP) is 5.73. The van der Waals surface area contributed by atoms with E-state index in [-0.39, 0.29) is 18.0 Å². The SMILES string of the molecule is CC1(C)CC(=O)C2=C(C1)N(c1ccccc1C#N)C(n1cccc1)=C(C#N)[C@H]2c1ccc2c(c1)OCO2. The molecule has 0 amide bonds. The van der Waals surface area contributed by atoms with Gasteiger partial charge < -0.3 is 14.0 Å². The number of para-hydroxylation sites is 1. The first-order chi connectivity index (χ1) is 17.9. The van der Waals surface area contributed by atoms with E-state index in [1.807, 2.05) is 70.4 Å². The monoisotopic (exact) mass is 488 g/mol. The topological polar surface area (TPSA) is 91.3 Å². The lowest BCUT2D eigenvalue weighted by Crippen LogP contribution is -2.40. The molecule has 1 atom stereocenters. The Labute approximate surface area is 215 Å². The Morgan fingerprint density at radius 2 is 1.70 bits per heavy atom. The van der Waals surface area contributed by atoms with Gasteiger partial charge in [0, 0.05) is 30.1 Å². The number of carbonyl (C=O) groups excluding carboxylic acids is 1. The maximum absolute atomic E-state index is 13.9. The molecule has 0 spiro atoms. The normalized spacial score (nSPS) is 19.9. The molecular weight excluding hydrogens is 464 g/mol. The summed E-state index contributed by atoms with van der Waals surface area (Å²) in [6.07, 6.45) is 4.75. The van der Waals surface area contributed by atoms with Gasteiger partial charge in [-0.05, 0) is 53.8 Å². The quantitative estimate of drug-likeness (QED) is 0.468. The van der Waals surface area contributed by atoms with Gasteiger partial charge in [0.1, 0.15) is 11.9 Å². The highest BCUT2D eigenvalue weighted by Crippen LogP contribution is 2.53. The zero-order valence-electron chi connectivity index (χ0n) is 20.6. The van der Waals surface area contributed by atoms with Crippen LogP contribution in [0.4, 0.5) is 5.69 Å². The van der Waals surface area contributed by atoms with E-state index in [4.69, 9.17) is 9.47 Å². The van der Waals surface area contributed by atoms with Crippen LogP contribution in [0.2, 0.25) is 0 Å². The minimum Gasteiger partial charge on any atom is -0.454 e. The summed E-state index contributed by atoms with van der Waals surface area (Å²) in [5.41, 5.74) is 3.44. The highest BCUT2D eigenvalue weighted by Gasteiger charge is 2.46. The lowest BCUT2D eigenvalue weighted by Gasteiger charge is -2.45. The van der Waals surface area contributed by atoms with Crippen LogP contribution in [-0.2, 0) is 4.79 Å². The Bertz CT molecular complexity index is 1580. The standard InChI is InChI=1S/C30H24N4O3/c1-30(2)14-23-28(24(35)15-30)27(19-9-10-25-26(13-19)37-18-36-25)21(17-32)29(33-11-5-6-12-33)34(23)22-8-4-3-7-20(22)16-31/h3-13,27H,14-15,18H2,1-2H3/t27-/m1/s1. The third-order valence-corrected chi connectivity index (χ3v) is 7.16. The molecule has 2 aromatic carbocycles. The number of fused-ring (bicyclic) bond motifs is 1. The fraction of sp³-hybridized carbons (Fsp3) is 0.233. The van der Waals surface area contributed by atoms with Crippen molar-refractivity contribution in [2.24, 2.45) is 5.41 Å². The van der Waals surface area contributed by atoms with Gasteiger partial charge in [-0.1, -0.05) is 32.0 Å². The Morgan fingerprint density at radius 1 is 0.946 bits per heavy atom. The number of allylic oxidation sites excluding steroid dienone is 3. The molecule has 3 aliphatic rings. The summed E-state index contributed by atoms with van der Waals surface area (Å²) in [6.45, 7) is 4.30. The number of anilines is 1. The molecule has 0 N–H and O–H groups in total. The largest absolute Gasteiger partial charge is 0.454 e. The Balaban J connectivity index is 1.70. The number of hydrogen-bond acceptors (Lipinski definition) is 6. The van der Waals surface area contributed by atoms with Crippen molar-refractivity contribution in [1.82, 2.24) is 4.57 Å². The summed E-state index contributed by atoms with van der Waals surface area (Å²) >= 11 is 0. The second kappa shape index (κ2) is 8.43. The van der Waals surface area contributed by atoms with E-state index in [0.717, 1.165) is 11.3 Å². The molecule has 3 heterocycles. The average Bonchev–Trinajstić information content (AvgIpc) is 3.58. The molecule has 0 fully saturated rings. The van der Waals surface area contributed by atoms with E-state index in [1.165, 1.54) is 0 Å². The summed E-state index contributed by atoms with van der Waals surface area (Å²) in [5.74, 6) is 1.28. The van der Waals surface area contributed by atoms with E-state index in [9.17, 15) is 15.3 Å². The van der Waals surface area contributed by atoms with Gasteiger partial charge in [0.2, 0.25) is 6.79 Å². The maximum Gasteiger partial charge on any atom is 0.231 e. The molecule has 0 bridgehead atoms. The summed E-state index contributed by atoms with van der Waals surface area (Å²) in [5, 5.41) is 20.6. The Kier molecular flexibility index (Phi) is 5.17. The predicted molar refractivity (Wildman–Crippen MR) is 137 cm³/mol. The molecule has 3 aromatic rings. The van der Waals surface area contributed by atoms with Gasteiger partial charge in [-0.15, -0.1) is 0 Å². The second-order valence-corrected chi connectivity index (χ2v) is 10.3. The average molecular weight is 489 g/mol. The zero-order chi connectivity index (χ0) is 25.7. The van der Waals surface area contributed by atoms with Crippen molar-refractivity contribution in [3.05, 3.63) is 95.0 Å². The van der Waals surface area contributed by atoms with E-state index >= 15 is 0 Å². The second-order valence-electron chi connectivity index (χ2n) is 10.3. The molecule has 1 aromatic heterocycles. The van der Waals surface area contributed by atoms with Crippen LogP contribution in [0, 0.1) is 28.1 Å². The maximum atomic E-state index is 13.9. The number of ketones is 1. The molecule has 37 heavy (non-hydrogen) atoms. The molecule has 1 aliphatic carbocycles. The van der Waals surface area contributed by atoms with Crippen LogP contribution in [-0.4, -0.2) is 17.1 Å². The van der Waals surface area contributed by atoms with Crippen molar-refractivity contribution in [1.29, 1.82) is 10.5 Å². The van der Waals surface area contributed by atoms with Crippen molar-refractivity contribution in [3.63, 3.8) is 0 Å². The van der Waals surface area contributed by atoms with E-state index in [0.29, 0.717) is 52.6 Å². The van der Waals surface area contributed by atoms with Crippen LogP contribution in [0.25, 0.3) is 5.82 Å². The number of aromatic nitrogens is 1. The number of nitriles is 2. The van der Waals surface area contributed by atoms with Crippen LogP contribution >= 0.6 is 0 Å². The molecule has 0 radical (unpaired) electrons. The van der Waals surface area contributed by atoms with Crippen LogP contribution in [0.3, 0.4) is 0 Å². The minimum absolute atomic E-state index is 0.00709. The first-order valence-corrected chi connectivity index (χ1v) is 12.1. The third kappa shape index (κ3) is 3.59. The third-order valence-electron chi connectivity index (χ3n) is 7.16. The Hall–Kier alpha value is -4.75. The van der Waals surface area contributed by atoms with Gasteiger partial charge in [-0.3, -0.25) is 9.69 Å². The van der Waals surface area contributed by atoms with Gasteiger partial charge in [0.05, 0.1) is 28.8 Å². The van der Waals surface area contributed by atoms with Crippen LogP contribution in [0.1, 0.15) is 43.7 Å². The minimum atomic E-state index is -0.582. The smallest absolute Gasteiger partial charge is 0.231 e. The van der Waals surface area contributed by atoms with Gasteiger partial charge in [0.25, 0.3) is 0 Å². The van der Waals surface area contributed by atoms with Crippen LogP contribution < -0.4 is 14.4 Å². The van der Waals surface area contributed by atoms with Gasteiger partial charge >= 0.3 is 0 Å². The van der Waals surface area contributed by atoms with Crippen molar-refractivity contribution in [2.45, 2.75) is 32.6 Å². The highest BCUT2D eigenvalue weighted by molar-refractivity contribution is 6.04. The number of ether oxygens (including phenoxy) is 2. The number of benzene rings is 2. The molecule has 7 heteroatoms. The first-order valence-electron chi connectivity index (χ1n) is 12.1. The lowest BCUT2D eigenvalue weighted by atomic mass is 9.68. The fourth-order valence-corrected chi connectivity index (χ4v) is 5.64. The molecule has 2 aliphatic heterocycles. The first kappa shape index (κ1) is 22.7. The number of Topliss-reactive ketones (excluding diaryl/α,β-unsaturated/α-hetero) is 1. The van der Waals surface area contributed by atoms with Crippen LogP contribution in [0.5, 0.6) is 11.5 Å². The van der Waals surface area contributed by atoms with Crippen molar-refractivity contribution < 1.29 is 14.3 Å². The number of nitrogens with zero attached hydrogens (tertiary/aromatic N) is 4. The number of rotatable bonds is 3. The zero-order valence-corrected chi connectivity index (χ0v) is 20.6. The molecular formula is C30H24N4O3. The molecule has 182 valence electrons. The molecule has 0 unspecified atom stereocenters. The van der Waals surface area contributed by atoms with Crippen molar-refractivity contribution in [2.75, 3.05) is 11.7 Å². The summed E-state index contributed by atoms with van der Waals surface area (Å²) in [4.78, 5) is 15.9.